The number of nitrogens with zero attached hydrogens (tertiary/aromatic N) is 2. The summed E-state index contributed by atoms with van der Waals surface area (Å²) in [5, 5.41) is 13.1. The predicted molar refractivity (Wildman–Crippen MR) is 131 cm³/mol. The number of phenols is 1. The van der Waals surface area contributed by atoms with Crippen LogP contribution in [0.25, 0.3) is 11.3 Å². The number of benzene rings is 3. The van der Waals surface area contributed by atoms with Gasteiger partial charge in [-0.1, -0.05) is 53.5 Å². The summed E-state index contributed by atoms with van der Waals surface area (Å²) in [4.78, 5) is 17.5. The maximum absolute atomic E-state index is 11.9. The summed E-state index contributed by atoms with van der Waals surface area (Å²) < 4.78 is 2.11. The molecule has 32 heavy (non-hydrogen) atoms. The summed E-state index contributed by atoms with van der Waals surface area (Å²) in [7, 11) is 0. The van der Waals surface area contributed by atoms with Crippen molar-refractivity contribution in [2.45, 2.75) is 19.9 Å². The Hall–Kier alpha value is -2.86. The van der Waals surface area contributed by atoms with Gasteiger partial charge in [-0.3, -0.25) is 4.79 Å². The zero-order valence-electron chi connectivity index (χ0n) is 17.3. The fourth-order valence-corrected chi connectivity index (χ4v) is 4.80. The molecule has 0 saturated heterocycles. The summed E-state index contributed by atoms with van der Waals surface area (Å²) >= 11 is 13.9. The number of rotatable bonds is 6. The van der Waals surface area contributed by atoms with Crippen LogP contribution >= 0.6 is 34.5 Å². The van der Waals surface area contributed by atoms with Crippen molar-refractivity contribution in [2.75, 3.05) is 0 Å². The number of carbonyl (C=O) groups is 1. The van der Waals surface area contributed by atoms with Crippen LogP contribution in [-0.2, 0) is 13.0 Å². The smallest absolute Gasteiger partial charge is 0.190 e. The van der Waals surface area contributed by atoms with Crippen molar-refractivity contribution < 1.29 is 9.90 Å². The van der Waals surface area contributed by atoms with E-state index in [-0.39, 0.29) is 11.5 Å². The van der Waals surface area contributed by atoms with Gasteiger partial charge < -0.3 is 9.67 Å². The number of aryl methyl sites for hydroxylation is 1. The number of aromatic hydroxyl groups is 1. The molecule has 4 rings (SSSR count). The molecule has 0 bridgehead atoms. The number of thiazole rings is 1. The number of hydrogen-bond acceptors (Lipinski definition) is 4. The van der Waals surface area contributed by atoms with Crippen LogP contribution in [0.5, 0.6) is 5.75 Å². The average molecular weight is 483 g/mol. The van der Waals surface area contributed by atoms with Gasteiger partial charge in [-0.2, -0.15) is 0 Å². The van der Waals surface area contributed by atoms with E-state index >= 15 is 0 Å². The fraction of sp³-hybridized carbons (Fsp3) is 0.120. The van der Waals surface area contributed by atoms with Crippen LogP contribution < -0.4 is 4.80 Å². The first-order valence-electron chi connectivity index (χ1n) is 9.99. The van der Waals surface area contributed by atoms with Gasteiger partial charge in [0.25, 0.3) is 0 Å². The van der Waals surface area contributed by atoms with Crippen molar-refractivity contribution in [2.24, 2.45) is 4.99 Å². The third kappa shape index (κ3) is 4.96. The molecule has 4 nitrogen and oxygen atoms in total. The van der Waals surface area contributed by atoms with Gasteiger partial charge in [0.05, 0.1) is 22.0 Å². The highest BCUT2D eigenvalue weighted by atomic mass is 35.5. The van der Waals surface area contributed by atoms with Crippen LogP contribution in [-0.4, -0.2) is 15.5 Å². The third-order valence-electron chi connectivity index (χ3n) is 5.06. The Kier molecular flexibility index (Phi) is 6.80. The van der Waals surface area contributed by atoms with E-state index in [1.807, 2.05) is 29.6 Å². The minimum absolute atomic E-state index is 0.0230. The lowest BCUT2D eigenvalue weighted by molar-refractivity contribution is 0.101. The Morgan fingerprint density at radius 3 is 2.56 bits per heavy atom. The molecule has 162 valence electrons. The van der Waals surface area contributed by atoms with Gasteiger partial charge in [0.1, 0.15) is 5.75 Å². The molecule has 7 heteroatoms. The molecule has 0 fully saturated rings. The standard InChI is InChI=1S/C25H20Cl2N2O2S/c1-16(30)20-13-18(7-10-24(20)31)23-15-32-25(28-22-9-8-19(26)14-21(22)27)29(23)12-11-17-5-3-2-4-6-17/h2-10,13-15,31H,11-12H2,1H3. The topological polar surface area (TPSA) is 54.6 Å². The van der Waals surface area contributed by atoms with Crippen molar-refractivity contribution in [3.63, 3.8) is 0 Å². The number of carbonyl (C=O) groups excluding carboxylic acids is 1. The molecular formula is C25H20Cl2N2O2S. The molecule has 0 aliphatic rings. The van der Waals surface area contributed by atoms with Gasteiger partial charge in [-0.15, -0.1) is 11.3 Å². The SMILES string of the molecule is CC(=O)c1cc(-c2csc(=Nc3ccc(Cl)cc3Cl)n2CCc2ccccc2)ccc1O. The first-order chi connectivity index (χ1) is 15.4. The van der Waals surface area contributed by atoms with Crippen molar-refractivity contribution >= 4 is 46.0 Å². The number of ketones is 1. The molecule has 0 unspecified atom stereocenters. The molecule has 0 aliphatic carbocycles. The van der Waals surface area contributed by atoms with E-state index in [1.54, 1.807) is 30.3 Å². The Bertz CT molecular complexity index is 1340. The monoisotopic (exact) mass is 482 g/mol. The predicted octanol–water partition coefficient (Wildman–Crippen LogP) is 6.91. The maximum atomic E-state index is 11.9. The maximum Gasteiger partial charge on any atom is 0.190 e. The largest absolute Gasteiger partial charge is 0.507 e. The number of hydrogen-bond donors (Lipinski definition) is 1. The second-order valence-electron chi connectivity index (χ2n) is 7.29. The second-order valence-corrected chi connectivity index (χ2v) is 8.97. The van der Waals surface area contributed by atoms with E-state index < -0.39 is 0 Å². The van der Waals surface area contributed by atoms with Gasteiger partial charge in [-0.05, 0) is 55.3 Å². The van der Waals surface area contributed by atoms with Crippen LogP contribution in [0.1, 0.15) is 22.8 Å². The van der Waals surface area contributed by atoms with Gasteiger partial charge in [0.2, 0.25) is 0 Å². The van der Waals surface area contributed by atoms with E-state index in [0.717, 1.165) is 22.5 Å². The lowest BCUT2D eigenvalue weighted by Crippen LogP contribution is -2.17. The van der Waals surface area contributed by atoms with Crippen LogP contribution in [0, 0.1) is 0 Å². The molecule has 0 saturated carbocycles. The number of Topliss-reactive ketones (excluding diaryl/α,β-unsaturated/α-hetero) is 1. The highest BCUT2D eigenvalue weighted by Gasteiger charge is 2.13. The zero-order chi connectivity index (χ0) is 22.7. The molecule has 4 aromatic rings. The molecule has 1 heterocycles. The van der Waals surface area contributed by atoms with Crippen molar-refractivity contribution in [3.05, 3.63) is 98.1 Å². The molecular weight excluding hydrogens is 463 g/mol. The van der Waals surface area contributed by atoms with Crippen LogP contribution in [0.2, 0.25) is 10.0 Å². The highest BCUT2D eigenvalue weighted by molar-refractivity contribution is 7.07. The highest BCUT2D eigenvalue weighted by Crippen LogP contribution is 2.29. The van der Waals surface area contributed by atoms with Crippen LogP contribution in [0.15, 0.2) is 77.1 Å². The number of phenolic OH excluding ortho intramolecular Hbond substituents is 1. The Balaban J connectivity index is 1.82. The summed E-state index contributed by atoms with van der Waals surface area (Å²) in [5.74, 6) is -0.210. The first kappa shape index (κ1) is 22.3. The Morgan fingerprint density at radius 2 is 1.84 bits per heavy atom. The molecule has 3 aromatic carbocycles. The summed E-state index contributed by atoms with van der Waals surface area (Å²) in [5.41, 5.74) is 3.89. The van der Waals surface area contributed by atoms with E-state index in [4.69, 9.17) is 28.2 Å². The van der Waals surface area contributed by atoms with Gasteiger partial charge >= 0.3 is 0 Å². The minimum Gasteiger partial charge on any atom is -0.507 e. The number of aromatic nitrogens is 1. The normalized spacial score (nSPS) is 11.7. The third-order valence-corrected chi connectivity index (χ3v) is 6.46. The minimum atomic E-state index is -0.187. The zero-order valence-corrected chi connectivity index (χ0v) is 19.6. The fourth-order valence-electron chi connectivity index (χ4n) is 3.40. The number of halogens is 2. The lowest BCUT2D eigenvalue weighted by Gasteiger charge is -2.11. The van der Waals surface area contributed by atoms with Gasteiger partial charge in [0.15, 0.2) is 10.6 Å². The van der Waals surface area contributed by atoms with Crippen molar-refractivity contribution in [3.8, 4) is 17.0 Å². The first-order valence-corrected chi connectivity index (χ1v) is 11.6. The van der Waals surface area contributed by atoms with Gasteiger partial charge in [0, 0.05) is 22.5 Å². The summed E-state index contributed by atoms with van der Waals surface area (Å²) in [6.45, 7) is 2.13. The average Bonchev–Trinajstić information content (AvgIpc) is 3.17. The molecule has 1 N–H and O–H groups in total. The lowest BCUT2D eigenvalue weighted by atomic mass is 10.0. The molecule has 0 aliphatic heterocycles. The van der Waals surface area contributed by atoms with Gasteiger partial charge in [-0.25, -0.2) is 4.99 Å². The summed E-state index contributed by atoms with van der Waals surface area (Å²) in [6, 6.07) is 20.5. The van der Waals surface area contributed by atoms with E-state index in [1.165, 1.54) is 23.8 Å². The molecule has 0 amide bonds. The van der Waals surface area contributed by atoms with Crippen LogP contribution in [0.4, 0.5) is 5.69 Å². The van der Waals surface area contributed by atoms with E-state index in [0.29, 0.717) is 27.8 Å². The van der Waals surface area contributed by atoms with E-state index in [9.17, 15) is 9.90 Å². The van der Waals surface area contributed by atoms with Crippen molar-refractivity contribution in [1.82, 2.24) is 4.57 Å². The summed E-state index contributed by atoms with van der Waals surface area (Å²) in [6.07, 6.45) is 0.809. The van der Waals surface area contributed by atoms with Crippen molar-refractivity contribution in [1.29, 1.82) is 0 Å². The molecule has 0 atom stereocenters. The molecule has 0 spiro atoms. The molecule has 1 aromatic heterocycles. The Morgan fingerprint density at radius 1 is 1.06 bits per heavy atom. The Labute approximate surface area is 200 Å². The van der Waals surface area contributed by atoms with E-state index in [2.05, 4.69) is 16.7 Å². The quantitative estimate of drug-likeness (QED) is 0.303. The molecule has 0 radical (unpaired) electrons. The second kappa shape index (κ2) is 9.74. The van der Waals surface area contributed by atoms with Crippen LogP contribution in [0.3, 0.4) is 0 Å².